The van der Waals surface area contributed by atoms with Gasteiger partial charge in [0.2, 0.25) is 0 Å². The molecule has 0 saturated heterocycles. The molecule has 1 aliphatic rings. The number of H-pyrrole nitrogens is 1. The molecule has 0 amide bonds. The Morgan fingerprint density at radius 1 is 1.00 bits per heavy atom. The number of nitrogens with one attached hydrogen (secondary N) is 1. The first-order valence-electron chi connectivity index (χ1n) is 7.75. The zero-order valence-electron chi connectivity index (χ0n) is 12.6. The molecule has 1 atom stereocenters. The van der Waals surface area contributed by atoms with Gasteiger partial charge in [0.25, 0.3) is 0 Å². The molecule has 0 radical (unpaired) electrons. The maximum atomic E-state index is 12.2. The molecule has 1 heterocycles. The van der Waals surface area contributed by atoms with Gasteiger partial charge in [-0.15, -0.1) is 0 Å². The first-order valence-corrected chi connectivity index (χ1v) is 8.13. The van der Waals surface area contributed by atoms with E-state index in [-0.39, 0.29) is 11.7 Å². The minimum atomic E-state index is 0.195. The fourth-order valence-corrected chi connectivity index (χ4v) is 3.44. The molecule has 114 valence electrons. The van der Waals surface area contributed by atoms with Crippen molar-refractivity contribution in [3.8, 4) is 0 Å². The minimum Gasteiger partial charge on any atom is -0.361 e. The summed E-state index contributed by atoms with van der Waals surface area (Å²) in [5.74, 6) is 0.419. The van der Waals surface area contributed by atoms with E-state index in [0.29, 0.717) is 6.42 Å². The summed E-state index contributed by atoms with van der Waals surface area (Å²) < 4.78 is 0. The van der Waals surface area contributed by atoms with Gasteiger partial charge in [-0.1, -0.05) is 29.8 Å². The zero-order chi connectivity index (χ0) is 15.8. The Bertz CT molecular complexity index is 905. The number of halogens is 1. The van der Waals surface area contributed by atoms with Gasteiger partial charge in [-0.25, -0.2) is 0 Å². The predicted molar refractivity (Wildman–Crippen MR) is 94.7 cm³/mol. The second-order valence-corrected chi connectivity index (χ2v) is 6.51. The molecule has 3 aromatic rings. The standard InChI is InChI=1S/C20H16ClNO/c21-18-4-1-13(2-5-18)16-10-17(12-19(23)11-16)14-3-6-20-15(9-14)7-8-22-20/h1-9,12,16,22H,10-11H2/t16-/m1/s1. The summed E-state index contributed by atoms with van der Waals surface area (Å²) in [6, 6.07) is 16.2. The van der Waals surface area contributed by atoms with E-state index in [1.165, 1.54) is 10.9 Å². The molecule has 0 spiro atoms. The highest BCUT2D eigenvalue weighted by Gasteiger charge is 2.23. The lowest BCUT2D eigenvalue weighted by Crippen LogP contribution is -2.12. The van der Waals surface area contributed by atoms with Crippen LogP contribution in [-0.2, 0) is 4.79 Å². The lowest BCUT2D eigenvalue weighted by molar-refractivity contribution is -0.115. The maximum Gasteiger partial charge on any atom is 0.156 e. The summed E-state index contributed by atoms with van der Waals surface area (Å²) in [6.07, 6.45) is 5.19. The number of hydrogen-bond acceptors (Lipinski definition) is 1. The first kappa shape index (κ1) is 14.3. The average molecular weight is 322 g/mol. The highest BCUT2D eigenvalue weighted by Crippen LogP contribution is 2.36. The lowest BCUT2D eigenvalue weighted by atomic mass is 9.81. The van der Waals surface area contributed by atoms with Crippen LogP contribution in [0.1, 0.15) is 29.9 Å². The summed E-state index contributed by atoms with van der Waals surface area (Å²) in [4.78, 5) is 15.4. The third-order valence-corrected chi connectivity index (χ3v) is 4.77. The predicted octanol–water partition coefficient (Wildman–Crippen LogP) is 5.35. The molecule has 1 N–H and O–H groups in total. The van der Waals surface area contributed by atoms with Crippen molar-refractivity contribution in [2.75, 3.05) is 0 Å². The number of rotatable bonds is 2. The van der Waals surface area contributed by atoms with Crippen molar-refractivity contribution in [1.82, 2.24) is 4.98 Å². The Kier molecular flexibility index (Phi) is 3.55. The summed E-state index contributed by atoms with van der Waals surface area (Å²) in [6.45, 7) is 0. The van der Waals surface area contributed by atoms with E-state index in [2.05, 4.69) is 29.2 Å². The van der Waals surface area contributed by atoms with Gasteiger partial charge >= 0.3 is 0 Å². The normalized spacial score (nSPS) is 18.2. The van der Waals surface area contributed by atoms with E-state index in [9.17, 15) is 4.79 Å². The van der Waals surface area contributed by atoms with Gasteiger partial charge in [0.15, 0.2) is 5.78 Å². The van der Waals surface area contributed by atoms with E-state index in [1.807, 2.05) is 30.5 Å². The minimum absolute atomic E-state index is 0.195. The molecule has 0 fully saturated rings. The topological polar surface area (TPSA) is 32.9 Å². The van der Waals surface area contributed by atoms with Crippen molar-refractivity contribution in [2.24, 2.45) is 0 Å². The molecule has 3 heteroatoms. The molecular formula is C20H16ClNO. The highest BCUT2D eigenvalue weighted by molar-refractivity contribution is 6.30. The van der Waals surface area contributed by atoms with Crippen molar-refractivity contribution < 1.29 is 4.79 Å². The number of hydrogen-bond donors (Lipinski definition) is 1. The van der Waals surface area contributed by atoms with E-state index in [1.54, 1.807) is 6.08 Å². The Balaban J connectivity index is 1.68. The molecule has 4 rings (SSSR count). The highest BCUT2D eigenvalue weighted by atomic mass is 35.5. The van der Waals surface area contributed by atoms with Crippen LogP contribution in [0.4, 0.5) is 0 Å². The van der Waals surface area contributed by atoms with Crippen LogP contribution in [0, 0.1) is 0 Å². The number of fused-ring (bicyclic) bond motifs is 1. The quantitative estimate of drug-likeness (QED) is 0.678. The van der Waals surface area contributed by atoms with Crippen LogP contribution in [0.3, 0.4) is 0 Å². The summed E-state index contributed by atoms with van der Waals surface area (Å²) in [5, 5.41) is 1.90. The van der Waals surface area contributed by atoms with Gasteiger partial charge in [-0.05, 0) is 70.8 Å². The second-order valence-electron chi connectivity index (χ2n) is 6.07. The van der Waals surface area contributed by atoms with Gasteiger partial charge in [0.05, 0.1) is 0 Å². The van der Waals surface area contributed by atoms with Crippen LogP contribution in [0.15, 0.2) is 60.8 Å². The third kappa shape index (κ3) is 2.82. The first-order chi connectivity index (χ1) is 11.2. The van der Waals surface area contributed by atoms with Crippen LogP contribution < -0.4 is 0 Å². The van der Waals surface area contributed by atoms with Crippen LogP contribution >= 0.6 is 11.6 Å². The molecule has 0 bridgehead atoms. The Hall–Kier alpha value is -2.32. The van der Waals surface area contributed by atoms with Crippen molar-refractivity contribution >= 4 is 33.9 Å². The molecule has 0 aliphatic heterocycles. The van der Waals surface area contributed by atoms with Gasteiger partial charge in [-0.2, -0.15) is 0 Å². The fourth-order valence-electron chi connectivity index (χ4n) is 3.32. The monoisotopic (exact) mass is 321 g/mol. The summed E-state index contributed by atoms with van der Waals surface area (Å²) in [7, 11) is 0. The SMILES string of the molecule is O=C1C=C(c2ccc3[nH]ccc3c2)C[C@@H](c2ccc(Cl)cc2)C1. The number of carbonyl (C=O) groups is 1. The molecule has 1 aromatic heterocycles. The fraction of sp³-hybridized carbons (Fsp3) is 0.150. The summed E-state index contributed by atoms with van der Waals surface area (Å²) >= 11 is 5.97. The van der Waals surface area contributed by atoms with Gasteiger partial charge in [0, 0.05) is 23.2 Å². The van der Waals surface area contributed by atoms with E-state index >= 15 is 0 Å². The van der Waals surface area contributed by atoms with Crippen LogP contribution in [0.25, 0.3) is 16.5 Å². The Morgan fingerprint density at radius 3 is 2.65 bits per heavy atom. The molecule has 2 aromatic carbocycles. The third-order valence-electron chi connectivity index (χ3n) is 4.51. The van der Waals surface area contributed by atoms with E-state index in [0.717, 1.165) is 28.1 Å². The number of aromatic amines is 1. The number of aromatic nitrogens is 1. The van der Waals surface area contributed by atoms with Gasteiger partial charge in [-0.3, -0.25) is 4.79 Å². The second kappa shape index (κ2) is 5.71. The number of allylic oxidation sites excluding steroid dienone is 2. The van der Waals surface area contributed by atoms with E-state index in [4.69, 9.17) is 11.6 Å². The van der Waals surface area contributed by atoms with Crippen LogP contribution in [0.2, 0.25) is 5.02 Å². The molecule has 23 heavy (non-hydrogen) atoms. The van der Waals surface area contributed by atoms with Crippen molar-refractivity contribution in [3.63, 3.8) is 0 Å². The number of carbonyl (C=O) groups excluding carboxylic acids is 1. The molecule has 2 nitrogen and oxygen atoms in total. The Labute approximate surface area is 139 Å². The molecule has 0 unspecified atom stereocenters. The Morgan fingerprint density at radius 2 is 1.83 bits per heavy atom. The molecular weight excluding hydrogens is 306 g/mol. The number of benzene rings is 2. The van der Waals surface area contributed by atoms with E-state index < -0.39 is 0 Å². The van der Waals surface area contributed by atoms with Crippen molar-refractivity contribution in [1.29, 1.82) is 0 Å². The largest absolute Gasteiger partial charge is 0.361 e. The summed E-state index contributed by atoms with van der Waals surface area (Å²) in [5.41, 5.74) is 4.54. The molecule has 1 aliphatic carbocycles. The van der Waals surface area contributed by atoms with Gasteiger partial charge in [0.1, 0.15) is 0 Å². The lowest BCUT2D eigenvalue weighted by Gasteiger charge is -2.23. The average Bonchev–Trinajstić information content (AvgIpc) is 3.02. The van der Waals surface area contributed by atoms with Crippen molar-refractivity contribution in [3.05, 3.63) is 77.0 Å². The zero-order valence-corrected chi connectivity index (χ0v) is 13.3. The van der Waals surface area contributed by atoms with Crippen molar-refractivity contribution in [2.45, 2.75) is 18.8 Å². The van der Waals surface area contributed by atoms with Gasteiger partial charge < -0.3 is 4.98 Å². The maximum absolute atomic E-state index is 12.2. The number of ketones is 1. The van der Waals surface area contributed by atoms with Crippen LogP contribution in [-0.4, -0.2) is 10.8 Å². The smallest absolute Gasteiger partial charge is 0.156 e. The molecule has 0 saturated carbocycles. The van der Waals surface area contributed by atoms with Crippen LogP contribution in [0.5, 0.6) is 0 Å².